The van der Waals surface area contributed by atoms with E-state index in [0.717, 1.165) is 12.0 Å². The van der Waals surface area contributed by atoms with Crippen LogP contribution in [0.4, 0.5) is 0 Å². The summed E-state index contributed by atoms with van der Waals surface area (Å²) >= 11 is 0. The molecule has 1 nitrogen and oxygen atoms in total. The van der Waals surface area contributed by atoms with E-state index in [9.17, 15) is 0 Å². The molecule has 2 bridgehead atoms. The molecule has 0 N–H and O–H groups in total. The lowest BCUT2D eigenvalue weighted by molar-refractivity contribution is 0.00286. The Morgan fingerprint density at radius 1 is 1.17 bits per heavy atom. The molecule has 1 aromatic rings. The van der Waals surface area contributed by atoms with E-state index < -0.39 is 0 Å². The fourth-order valence-electron chi connectivity index (χ4n) is 5.16. The monoisotopic (exact) mass is 241 g/mol. The van der Waals surface area contributed by atoms with Crippen molar-refractivity contribution in [3.05, 3.63) is 35.4 Å². The Hall–Kier alpha value is -0.820. The third-order valence-corrected chi connectivity index (χ3v) is 6.02. The van der Waals surface area contributed by atoms with Crippen molar-refractivity contribution in [2.75, 3.05) is 13.6 Å². The first-order chi connectivity index (χ1) is 8.81. The van der Waals surface area contributed by atoms with E-state index in [1.165, 1.54) is 45.1 Å². The largest absolute Gasteiger partial charge is 0.303 e. The number of hydrogen-bond donors (Lipinski definition) is 0. The maximum atomic E-state index is 2.64. The van der Waals surface area contributed by atoms with Gasteiger partial charge in [-0.2, -0.15) is 0 Å². The van der Waals surface area contributed by atoms with Gasteiger partial charge in [0.25, 0.3) is 0 Å². The van der Waals surface area contributed by atoms with Gasteiger partial charge in [0.05, 0.1) is 0 Å². The average Bonchev–Trinajstić information content (AvgIpc) is 2.43. The molecular formula is C17H23N. The van der Waals surface area contributed by atoms with Crippen molar-refractivity contribution in [2.24, 2.45) is 5.92 Å². The minimum atomic E-state index is 0.546. The molecule has 1 heterocycles. The third kappa shape index (κ3) is 1.31. The lowest BCUT2D eigenvalue weighted by Crippen LogP contribution is -2.59. The van der Waals surface area contributed by atoms with E-state index in [1.807, 2.05) is 0 Å². The molecule has 0 spiro atoms. The SMILES string of the molecule is CN1CC[C@]23CCCC[C@H]2[C@H]1Cc1ccccc13. The van der Waals surface area contributed by atoms with Crippen LogP contribution < -0.4 is 0 Å². The highest BCUT2D eigenvalue weighted by Gasteiger charge is 2.52. The summed E-state index contributed by atoms with van der Waals surface area (Å²) in [6, 6.07) is 10.1. The van der Waals surface area contributed by atoms with Gasteiger partial charge in [-0.1, -0.05) is 37.1 Å². The number of hydrogen-bond acceptors (Lipinski definition) is 1. The van der Waals surface area contributed by atoms with Crippen LogP contribution in [0.25, 0.3) is 0 Å². The van der Waals surface area contributed by atoms with Gasteiger partial charge in [0.15, 0.2) is 0 Å². The van der Waals surface area contributed by atoms with E-state index >= 15 is 0 Å². The minimum Gasteiger partial charge on any atom is -0.303 e. The van der Waals surface area contributed by atoms with Crippen LogP contribution in [0, 0.1) is 5.92 Å². The number of fused-ring (bicyclic) bond motifs is 1. The summed E-state index contributed by atoms with van der Waals surface area (Å²) in [7, 11) is 2.34. The molecule has 1 aromatic carbocycles. The molecule has 1 saturated carbocycles. The van der Waals surface area contributed by atoms with Gasteiger partial charge in [-0.3, -0.25) is 0 Å². The first kappa shape index (κ1) is 11.0. The van der Waals surface area contributed by atoms with E-state index in [-0.39, 0.29) is 0 Å². The molecule has 0 amide bonds. The fraction of sp³-hybridized carbons (Fsp3) is 0.647. The van der Waals surface area contributed by atoms with Crippen molar-refractivity contribution in [1.82, 2.24) is 4.90 Å². The zero-order valence-corrected chi connectivity index (χ0v) is 11.4. The Balaban J connectivity index is 1.90. The topological polar surface area (TPSA) is 3.24 Å². The van der Waals surface area contributed by atoms with Crippen LogP contribution in [-0.4, -0.2) is 24.5 Å². The maximum Gasteiger partial charge on any atom is 0.0169 e. The molecule has 1 aliphatic heterocycles. The predicted octanol–water partition coefficient (Wildman–Crippen LogP) is 3.37. The molecule has 0 radical (unpaired) electrons. The van der Waals surface area contributed by atoms with Crippen LogP contribution in [0.2, 0.25) is 0 Å². The molecular weight excluding hydrogens is 218 g/mol. The normalized spacial score (nSPS) is 38.9. The number of benzene rings is 1. The lowest BCUT2D eigenvalue weighted by Gasteiger charge is -2.58. The van der Waals surface area contributed by atoms with Gasteiger partial charge in [0.1, 0.15) is 0 Å². The highest BCUT2D eigenvalue weighted by molar-refractivity contribution is 5.41. The van der Waals surface area contributed by atoms with Crippen molar-refractivity contribution in [2.45, 2.75) is 50.0 Å². The molecule has 96 valence electrons. The van der Waals surface area contributed by atoms with Crippen LogP contribution in [0.1, 0.15) is 43.2 Å². The van der Waals surface area contributed by atoms with Gasteiger partial charge in [0.2, 0.25) is 0 Å². The Morgan fingerprint density at radius 3 is 3.00 bits per heavy atom. The fourth-order valence-corrected chi connectivity index (χ4v) is 5.16. The molecule has 3 atom stereocenters. The lowest BCUT2D eigenvalue weighted by atomic mass is 9.52. The molecule has 4 rings (SSSR count). The van der Waals surface area contributed by atoms with E-state index in [4.69, 9.17) is 0 Å². The summed E-state index contributed by atoms with van der Waals surface area (Å²) in [6.07, 6.45) is 8.49. The van der Waals surface area contributed by atoms with Crippen molar-refractivity contribution in [3.63, 3.8) is 0 Å². The van der Waals surface area contributed by atoms with E-state index in [0.29, 0.717) is 5.41 Å². The van der Waals surface area contributed by atoms with Crippen molar-refractivity contribution >= 4 is 0 Å². The average molecular weight is 241 g/mol. The molecule has 3 aliphatic rings. The number of piperidine rings is 1. The van der Waals surface area contributed by atoms with Crippen LogP contribution in [0.3, 0.4) is 0 Å². The maximum absolute atomic E-state index is 2.64. The number of likely N-dealkylation sites (N-methyl/N-ethyl adjacent to an activating group) is 1. The second-order valence-electron chi connectivity index (χ2n) is 6.67. The summed E-state index contributed by atoms with van der Waals surface area (Å²) < 4.78 is 0. The van der Waals surface area contributed by atoms with Crippen molar-refractivity contribution in [1.29, 1.82) is 0 Å². The van der Waals surface area contributed by atoms with Crippen molar-refractivity contribution in [3.8, 4) is 0 Å². The molecule has 0 aromatic heterocycles. The van der Waals surface area contributed by atoms with E-state index in [1.54, 1.807) is 11.1 Å². The van der Waals surface area contributed by atoms with Gasteiger partial charge in [-0.25, -0.2) is 0 Å². The summed E-state index contributed by atoms with van der Waals surface area (Å²) in [6.45, 7) is 1.30. The van der Waals surface area contributed by atoms with Gasteiger partial charge in [-0.15, -0.1) is 0 Å². The zero-order chi connectivity index (χ0) is 12.2. The standard InChI is InChI=1S/C17H23N/c1-18-11-10-17-9-5-4-8-15(17)16(18)12-13-6-2-3-7-14(13)17/h2-3,6-7,15-16H,4-5,8-12H2,1H3/t15-,16+,17-/m0/s1. The summed E-state index contributed by atoms with van der Waals surface area (Å²) in [5.74, 6) is 0.930. The second kappa shape index (κ2) is 3.84. The van der Waals surface area contributed by atoms with Crippen LogP contribution in [0.5, 0.6) is 0 Å². The summed E-state index contributed by atoms with van der Waals surface area (Å²) in [4.78, 5) is 2.64. The smallest absolute Gasteiger partial charge is 0.0169 e. The van der Waals surface area contributed by atoms with Gasteiger partial charge < -0.3 is 4.90 Å². The molecule has 1 saturated heterocycles. The summed E-state index contributed by atoms with van der Waals surface area (Å²) in [5.41, 5.74) is 3.91. The van der Waals surface area contributed by atoms with Gasteiger partial charge in [0, 0.05) is 11.5 Å². The van der Waals surface area contributed by atoms with Gasteiger partial charge in [-0.05, 0) is 56.3 Å². The molecule has 1 heteroatoms. The number of likely N-dealkylation sites (tertiary alicyclic amines) is 1. The van der Waals surface area contributed by atoms with Crippen LogP contribution in [0.15, 0.2) is 24.3 Å². The molecule has 2 aliphatic carbocycles. The van der Waals surface area contributed by atoms with E-state index in [2.05, 4.69) is 36.2 Å². The third-order valence-electron chi connectivity index (χ3n) is 6.02. The highest BCUT2D eigenvalue weighted by atomic mass is 15.1. The zero-order valence-electron chi connectivity index (χ0n) is 11.4. The Kier molecular flexibility index (Phi) is 2.35. The number of rotatable bonds is 0. The first-order valence-electron chi connectivity index (χ1n) is 7.60. The summed E-state index contributed by atoms with van der Waals surface area (Å²) in [5, 5.41) is 0. The Morgan fingerprint density at radius 2 is 2.06 bits per heavy atom. The first-order valence-corrected chi connectivity index (χ1v) is 7.60. The highest BCUT2D eigenvalue weighted by Crippen LogP contribution is 2.55. The minimum absolute atomic E-state index is 0.546. The molecule has 2 fully saturated rings. The van der Waals surface area contributed by atoms with Gasteiger partial charge >= 0.3 is 0 Å². The number of nitrogens with zero attached hydrogens (tertiary/aromatic N) is 1. The van der Waals surface area contributed by atoms with Crippen LogP contribution in [-0.2, 0) is 11.8 Å². The molecule has 0 unspecified atom stereocenters. The van der Waals surface area contributed by atoms with Crippen LogP contribution >= 0.6 is 0 Å². The Bertz CT molecular complexity index is 466. The second-order valence-corrected chi connectivity index (χ2v) is 6.67. The quantitative estimate of drug-likeness (QED) is 0.673. The Labute approximate surface area is 110 Å². The van der Waals surface area contributed by atoms with Crippen molar-refractivity contribution < 1.29 is 0 Å². The predicted molar refractivity (Wildman–Crippen MR) is 74.8 cm³/mol. The molecule has 18 heavy (non-hydrogen) atoms.